The van der Waals surface area contributed by atoms with Crippen LogP contribution in [0.15, 0.2) is 46.0 Å². The van der Waals surface area contributed by atoms with Gasteiger partial charge in [0.25, 0.3) is 0 Å². The summed E-state index contributed by atoms with van der Waals surface area (Å²) in [7, 11) is 0. The van der Waals surface area contributed by atoms with E-state index in [0.29, 0.717) is 6.42 Å². The summed E-state index contributed by atoms with van der Waals surface area (Å²) in [6.07, 6.45) is 12.9. The molecule has 2 nitrogen and oxygen atoms in total. The van der Waals surface area contributed by atoms with Gasteiger partial charge in [-0.15, -0.1) is 0 Å². The molecule has 0 saturated heterocycles. The predicted molar refractivity (Wildman–Crippen MR) is 115 cm³/mol. The van der Waals surface area contributed by atoms with Gasteiger partial charge < -0.3 is 4.74 Å². The van der Waals surface area contributed by atoms with Gasteiger partial charge in [0.15, 0.2) is 0 Å². The quantitative estimate of drug-likeness (QED) is 0.391. The van der Waals surface area contributed by atoms with Gasteiger partial charge in [-0.05, 0) is 94.9 Å². The topological polar surface area (TPSA) is 26.3 Å². The molecule has 2 aliphatic rings. The first-order chi connectivity index (χ1) is 12.8. The summed E-state index contributed by atoms with van der Waals surface area (Å²) < 4.78 is 6.65. The fourth-order valence-electron chi connectivity index (χ4n) is 4.23. The maximum atomic E-state index is 12.1. The predicted octanol–water partition coefficient (Wildman–Crippen LogP) is 6.71. The fourth-order valence-corrected chi connectivity index (χ4v) is 4.64. The zero-order chi connectivity index (χ0) is 19.4. The van der Waals surface area contributed by atoms with Gasteiger partial charge in [0.2, 0.25) is 0 Å². The Morgan fingerprint density at radius 3 is 2.48 bits per heavy atom. The number of benzene rings is 1. The third-order valence-corrected chi connectivity index (χ3v) is 5.82. The molecular weight excluding hydrogens is 400 g/mol. The van der Waals surface area contributed by atoms with E-state index in [1.54, 1.807) is 5.57 Å². The Morgan fingerprint density at radius 2 is 1.74 bits per heavy atom. The largest absolute Gasteiger partial charge is 0.460 e. The number of hydrogen-bond donors (Lipinski definition) is 0. The van der Waals surface area contributed by atoms with Gasteiger partial charge in [0, 0.05) is 4.47 Å². The highest BCUT2D eigenvalue weighted by Crippen LogP contribution is 2.34. The Morgan fingerprint density at radius 1 is 1.07 bits per heavy atom. The number of hydrogen-bond acceptors (Lipinski definition) is 2. The van der Waals surface area contributed by atoms with E-state index < -0.39 is 5.60 Å². The molecule has 0 spiro atoms. The second kappa shape index (κ2) is 8.77. The lowest BCUT2D eigenvalue weighted by atomic mass is 9.90. The Hall–Kier alpha value is -1.35. The van der Waals surface area contributed by atoms with Crippen LogP contribution in [0.4, 0.5) is 0 Å². The number of ether oxygens (including phenoxy) is 1. The summed E-state index contributed by atoms with van der Waals surface area (Å²) in [5.41, 5.74) is 5.47. The highest BCUT2D eigenvalue weighted by molar-refractivity contribution is 9.10. The van der Waals surface area contributed by atoms with Crippen LogP contribution in [0.5, 0.6) is 0 Å². The van der Waals surface area contributed by atoms with Crippen LogP contribution in [0.2, 0.25) is 0 Å². The molecular formula is C24H31BrO2. The molecule has 1 unspecified atom stereocenters. The molecule has 0 saturated carbocycles. The smallest absolute Gasteiger partial charge is 0.310 e. The van der Waals surface area contributed by atoms with E-state index in [9.17, 15) is 4.79 Å². The minimum atomic E-state index is -0.402. The lowest BCUT2D eigenvalue weighted by molar-refractivity contribution is -0.153. The van der Waals surface area contributed by atoms with Gasteiger partial charge in [0.1, 0.15) is 5.60 Å². The molecule has 0 aliphatic heterocycles. The van der Waals surface area contributed by atoms with Crippen molar-refractivity contribution < 1.29 is 9.53 Å². The summed E-state index contributed by atoms with van der Waals surface area (Å²) in [5, 5.41) is 0. The van der Waals surface area contributed by atoms with Crippen molar-refractivity contribution in [2.24, 2.45) is 5.92 Å². The van der Waals surface area contributed by atoms with Crippen molar-refractivity contribution in [2.75, 3.05) is 0 Å². The van der Waals surface area contributed by atoms with E-state index in [1.165, 1.54) is 40.4 Å². The first-order valence-electron chi connectivity index (χ1n) is 10.1. The number of carbonyl (C=O) groups is 1. The second-order valence-corrected chi connectivity index (χ2v) is 9.87. The molecule has 0 heterocycles. The van der Waals surface area contributed by atoms with Crippen molar-refractivity contribution in [1.82, 2.24) is 0 Å². The summed E-state index contributed by atoms with van der Waals surface area (Å²) in [5.74, 6) is 0.638. The van der Waals surface area contributed by atoms with Crippen LogP contribution in [0.25, 0.3) is 0 Å². The standard InChI is InChI=1S/C24H31BrO2/c1-24(2,3)27-23(26)15-18-8-4-6-17(7-5-9-18)12-19-13-20-10-11-22(25)16-21(20)14-19/h6,9-11,16,19H,4-5,7-8,12-15H2,1-3H3/b17-6+,18-9+. The third-order valence-electron chi connectivity index (χ3n) is 5.32. The number of rotatable bonds is 4. The third kappa shape index (κ3) is 6.34. The van der Waals surface area contributed by atoms with Crippen molar-refractivity contribution >= 4 is 21.9 Å². The van der Waals surface area contributed by atoms with Gasteiger partial charge >= 0.3 is 5.97 Å². The fraction of sp³-hybridized carbons (Fsp3) is 0.542. The van der Waals surface area contributed by atoms with Crippen LogP contribution in [0, 0.1) is 5.92 Å². The second-order valence-electron chi connectivity index (χ2n) is 8.96. The number of esters is 1. The molecule has 1 atom stereocenters. The highest BCUT2D eigenvalue weighted by atomic mass is 79.9. The normalized spacial score (nSPS) is 24.1. The summed E-state index contributed by atoms with van der Waals surface area (Å²) in [4.78, 5) is 12.1. The van der Waals surface area contributed by atoms with Crippen LogP contribution in [-0.4, -0.2) is 11.6 Å². The Kier molecular flexibility index (Phi) is 6.62. The van der Waals surface area contributed by atoms with E-state index in [1.807, 2.05) is 20.8 Å². The number of allylic oxidation sites excluding steroid dienone is 3. The first kappa shape index (κ1) is 20.4. The first-order valence-corrected chi connectivity index (χ1v) is 10.9. The molecule has 3 rings (SSSR count). The van der Waals surface area contributed by atoms with Gasteiger partial charge in [0.05, 0.1) is 6.42 Å². The monoisotopic (exact) mass is 430 g/mol. The molecule has 0 fully saturated rings. The SMILES string of the molecule is CC(C)(C)OC(=O)C/C1=C/CC/C(CC2Cc3ccc(Br)cc3C2)=C\CC1. The molecule has 0 amide bonds. The van der Waals surface area contributed by atoms with Gasteiger partial charge in [-0.25, -0.2) is 0 Å². The van der Waals surface area contributed by atoms with Crippen molar-refractivity contribution in [3.05, 3.63) is 57.1 Å². The van der Waals surface area contributed by atoms with Crippen molar-refractivity contribution in [3.8, 4) is 0 Å². The minimum Gasteiger partial charge on any atom is -0.460 e. The highest BCUT2D eigenvalue weighted by Gasteiger charge is 2.23. The summed E-state index contributed by atoms with van der Waals surface area (Å²) in [6, 6.07) is 6.72. The molecule has 27 heavy (non-hydrogen) atoms. The molecule has 1 aromatic carbocycles. The van der Waals surface area contributed by atoms with Gasteiger partial charge in [-0.1, -0.05) is 45.3 Å². The molecule has 0 bridgehead atoms. The van der Waals surface area contributed by atoms with E-state index in [4.69, 9.17) is 4.74 Å². The number of carbonyl (C=O) groups excluding carboxylic acids is 1. The lowest BCUT2D eigenvalue weighted by Gasteiger charge is -2.20. The molecule has 0 N–H and O–H groups in total. The van der Waals surface area contributed by atoms with Crippen LogP contribution in [0.3, 0.4) is 0 Å². The van der Waals surface area contributed by atoms with E-state index in [2.05, 4.69) is 46.3 Å². The van der Waals surface area contributed by atoms with Gasteiger partial charge in [-0.2, -0.15) is 0 Å². The molecule has 2 aliphatic carbocycles. The number of fused-ring (bicyclic) bond motifs is 1. The molecule has 0 radical (unpaired) electrons. The Bertz CT molecular complexity index is 752. The summed E-state index contributed by atoms with van der Waals surface area (Å²) >= 11 is 3.59. The van der Waals surface area contributed by atoms with Crippen molar-refractivity contribution in [1.29, 1.82) is 0 Å². The van der Waals surface area contributed by atoms with Crippen molar-refractivity contribution in [3.63, 3.8) is 0 Å². The average molecular weight is 431 g/mol. The van der Waals surface area contributed by atoms with Gasteiger partial charge in [-0.3, -0.25) is 4.79 Å². The van der Waals surface area contributed by atoms with Crippen LogP contribution in [-0.2, 0) is 22.4 Å². The molecule has 1 aromatic rings. The van der Waals surface area contributed by atoms with E-state index in [0.717, 1.165) is 31.6 Å². The van der Waals surface area contributed by atoms with Crippen LogP contribution in [0.1, 0.15) is 70.4 Å². The Labute approximate surface area is 172 Å². The maximum Gasteiger partial charge on any atom is 0.310 e. The van der Waals surface area contributed by atoms with E-state index in [-0.39, 0.29) is 5.97 Å². The number of halogens is 1. The minimum absolute atomic E-state index is 0.103. The molecule has 0 aromatic heterocycles. The van der Waals surface area contributed by atoms with Crippen molar-refractivity contribution in [2.45, 2.75) is 77.7 Å². The summed E-state index contributed by atoms with van der Waals surface area (Å²) in [6.45, 7) is 5.77. The van der Waals surface area contributed by atoms with E-state index >= 15 is 0 Å². The maximum absolute atomic E-state index is 12.1. The molecule has 3 heteroatoms. The van der Waals surface area contributed by atoms with Crippen LogP contribution < -0.4 is 0 Å². The van der Waals surface area contributed by atoms with Crippen LogP contribution >= 0.6 is 15.9 Å². The average Bonchev–Trinajstić information content (AvgIpc) is 2.91. The Balaban J connectivity index is 1.49. The zero-order valence-electron chi connectivity index (χ0n) is 16.8. The molecule has 146 valence electrons. The lowest BCUT2D eigenvalue weighted by Crippen LogP contribution is -2.24. The zero-order valence-corrected chi connectivity index (χ0v) is 18.4.